The van der Waals surface area contributed by atoms with Crippen LogP contribution in [-0.2, 0) is 21.4 Å². The number of aromatic nitrogens is 2. The van der Waals surface area contributed by atoms with Crippen molar-refractivity contribution < 1.29 is 19.1 Å². The second-order valence-corrected chi connectivity index (χ2v) is 12.1. The van der Waals surface area contributed by atoms with Crippen LogP contribution in [0.3, 0.4) is 0 Å². The lowest BCUT2D eigenvalue weighted by Gasteiger charge is -2.55. The summed E-state index contributed by atoms with van der Waals surface area (Å²) in [6.07, 6.45) is 3.84. The van der Waals surface area contributed by atoms with Crippen LogP contribution >= 0.6 is 0 Å². The minimum Gasteiger partial charge on any atom is -0.444 e. The zero-order valence-corrected chi connectivity index (χ0v) is 21.9. The number of hydrogen-bond donors (Lipinski definition) is 2. The molecule has 3 fully saturated rings. The second-order valence-electron chi connectivity index (χ2n) is 12.1. The molecule has 36 heavy (non-hydrogen) atoms. The molecule has 3 amide bonds. The van der Waals surface area contributed by atoms with Gasteiger partial charge in [0.15, 0.2) is 0 Å². The molecule has 0 radical (unpaired) electrons. The van der Waals surface area contributed by atoms with Gasteiger partial charge in [-0.05, 0) is 70.6 Å². The van der Waals surface area contributed by atoms with E-state index in [2.05, 4.69) is 34.8 Å². The van der Waals surface area contributed by atoms with Gasteiger partial charge in [-0.15, -0.1) is 0 Å². The van der Waals surface area contributed by atoms with E-state index in [0.717, 1.165) is 54.6 Å². The predicted octanol–water partition coefficient (Wildman–Crippen LogP) is 3.93. The first-order chi connectivity index (χ1) is 16.9. The molecular weight excluding hydrogens is 458 g/mol. The Bertz CT molecular complexity index is 1210. The Morgan fingerprint density at radius 1 is 1.22 bits per heavy atom. The van der Waals surface area contributed by atoms with Crippen molar-refractivity contribution in [2.45, 2.75) is 77.4 Å². The van der Waals surface area contributed by atoms with Gasteiger partial charge in [-0.25, -0.2) is 4.79 Å². The maximum absolute atomic E-state index is 12.4. The minimum absolute atomic E-state index is 0.206. The molecule has 9 nitrogen and oxygen atoms in total. The SMILES string of the molecule is C[C@@H]1CC2(CC[C@H]1Nc1ccc3c(C4CCC(=O)NC4=O)nn(C)c3c1)CN(C(=O)OC(C)(C)C)C2. The van der Waals surface area contributed by atoms with Crippen LogP contribution in [0.2, 0.25) is 0 Å². The lowest BCUT2D eigenvalue weighted by atomic mass is 9.64. The molecule has 1 unspecified atom stereocenters. The van der Waals surface area contributed by atoms with Crippen molar-refractivity contribution in [2.75, 3.05) is 18.4 Å². The zero-order chi connectivity index (χ0) is 25.8. The first-order valence-electron chi connectivity index (χ1n) is 13.0. The molecule has 2 aliphatic heterocycles. The molecule has 1 aromatic heterocycles. The van der Waals surface area contributed by atoms with Gasteiger partial charge in [-0.2, -0.15) is 5.10 Å². The monoisotopic (exact) mass is 495 g/mol. The highest BCUT2D eigenvalue weighted by atomic mass is 16.6. The number of rotatable bonds is 3. The van der Waals surface area contributed by atoms with Gasteiger partial charge in [-0.1, -0.05) is 6.92 Å². The molecule has 2 aromatic rings. The van der Waals surface area contributed by atoms with Crippen molar-refractivity contribution >= 4 is 34.5 Å². The number of aryl methyl sites for hydroxylation is 1. The molecule has 1 saturated carbocycles. The van der Waals surface area contributed by atoms with Crippen LogP contribution in [0.1, 0.15) is 71.4 Å². The number of fused-ring (bicyclic) bond motifs is 1. The highest BCUT2D eigenvalue weighted by Crippen LogP contribution is 2.47. The van der Waals surface area contributed by atoms with Crippen LogP contribution in [0.4, 0.5) is 10.5 Å². The van der Waals surface area contributed by atoms with Gasteiger partial charge in [0, 0.05) is 49.1 Å². The summed E-state index contributed by atoms with van der Waals surface area (Å²) in [7, 11) is 1.89. The van der Waals surface area contributed by atoms with E-state index >= 15 is 0 Å². The lowest BCUT2D eigenvalue weighted by molar-refractivity contribution is -0.134. The van der Waals surface area contributed by atoms with Crippen LogP contribution in [-0.4, -0.2) is 57.3 Å². The van der Waals surface area contributed by atoms with Gasteiger partial charge in [0.1, 0.15) is 5.60 Å². The number of amides is 3. The Kier molecular flexibility index (Phi) is 6.00. The van der Waals surface area contributed by atoms with Crippen molar-refractivity contribution in [2.24, 2.45) is 18.4 Å². The Hall–Kier alpha value is -3.10. The Balaban J connectivity index is 1.23. The van der Waals surface area contributed by atoms with Crippen LogP contribution in [0, 0.1) is 11.3 Å². The van der Waals surface area contributed by atoms with E-state index in [1.54, 1.807) is 0 Å². The summed E-state index contributed by atoms with van der Waals surface area (Å²) in [6, 6.07) is 6.54. The maximum atomic E-state index is 12.4. The summed E-state index contributed by atoms with van der Waals surface area (Å²) in [6.45, 7) is 9.55. The predicted molar refractivity (Wildman–Crippen MR) is 137 cm³/mol. The number of ether oxygens (including phenoxy) is 1. The molecule has 194 valence electrons. The van der Waals surface area contributed by atoms with Crippen molar-refractivity contribution in [3.63, 3.8) is 0 Å². The van der Waals surface area contributed by atoms with Crippen molar-refractivity contribution in [1.29, 1.82) is 0 Å². The number of anilines is 1. The third-order valence-electron chi connectivity index (χ3n) is 7.93. The highest BCUT2D eigenvalue weighted by Gasteiger charge is 2.50. The molecule has 1 spiro atoms. The van der Waals surface area contributed by atoms with Gasteiger partial charge in [0.05, 0.1) is 17.1 Å². The van der Waals surface area contributed by atoms with E-state index in [-0.39, 0.29) is 23.3 Å². The molecule has 3 heterocycles. The summed E-state index contributed by atoms with van der Waals surface area (Å²) >= 11 is 0. The van der Waals surface area contributed by atoms with Gasteiger partial charge >= 0.3 is 6.09 Å². The van der Waals surface area contributed by atoms with E-state index in [0.29, 0.717) is 24.8 Å². The van der Waals surface area contributed by atoms with Gasteiger partial charge in [0.2, 0.25) is 11.8 Å². The third kappa shape index (κ3) is 4.67. The molecular formula is C27H37N5O4. The molecule has 3 aliphatic rings. The average Bonchev–Trinajstić information content (AvgIpc) is 3.08. The van der Waals surface area contributed by atoms with Crippen LogP contribution < -0.4 is 10.6 Å². The topological polar surface area (TPSA) is 106 Å². The number of benzene rings is 1. The van der Waals surface area contributed by atoms with Crippen molar-refractivity contribution in [1.82, 2.24) is 20.0 Å². The van der Waals surface area contributed by atoms with E-state index in [9.17, 15) is 14.4 Å². The van der Waals surface area contributed by atoms with Crippen molar-refractivity contribution in [3.05, 3.63) is 23.9 Å². The zero-order valence-electron chi connectivity index (χ0n) is 21.9. The van der Waals surface area contributed by atoms with E-state index in [1.165, 1.54) is 0 Å². The number of carbonyl (C=O) groups excluding carboxylic acids is 3. The molecule has 2 N–H and O–H groups in total. The first-order valence-corrected chi connectivity index (χ1v) is 13.0. The number of likely N-dealkylation sites (tertiary alicyclic amines) is 1. The number of nitrogens with zero attached hydrogens (tertiary/aromatic N) is 3. The van der Waals surface area contributed by atoms with Crippen LogP contribution in [0.5, 0.6) is 0 Å². The summed E-state index contributed by atoms with van der Waals surface area (Å²) in [5.41, 5.74) is 2.48. The number of piperidine rings is 1. The molecule has 1 aliphatic carbocycles. The molecule has 5 rings (SSSR count). The lowest BCUT2D eigenvalue weighted by Crippen LogP contribution is -2.62. The maximum Gasteiger partial charge on any atom is 0.410 e. The van der Waals surface area contributed by atoms with Gasteiger partial charge < -0.3 is 15.0 Å². The average molecular weight is 496 g/mol. The number of carbonyl (C=O) groups is 3. The smallest absolute Gasteiger partial charge is 0.410 e. The molecule has 3 atom stereocenters. The number of hydrogen-bond acceptors (Lipinski definition) is 6. The fourth-order valence-electron chi connectivity index (χ4n) is 6.20. The van der Waals surface area contributed by atoms with Crippen LogP contribution in [0.25, 0.3) is 10.9 Å². The standard InChI is InChI=1S/C27H37N5O4/c1-16-13-27(14-32(15-27)25(35)36-26(2,3)4)11-10-20(16)28-17-6-7-18-21(12-17)31(5)30-23(18)19-8-9-22(33)29-24(19)34/h6-7,12,16,19-20,28H,8-11,13-15H2,1-5H3,(H,29,33,34)/t16-,19?,20-/m1/s1. The Morgan fingerprint density at radius 2 is 1.97 bits per heavy atom. The quantitative estimate of drug-likeness (QED) is 0.625. The summed E-state index contributed by atoms with van der Waals surface area (Å²) in [4.78, 5) is 38.2. The van der Waals surface area contributed by atoms with Gasteiger partial charge in [0.25, 0.3) is 0 Å². The summed E-state index contributed by atoms with van der Waals surface area (Å²) < 4.78 is 7.35. The molecule has 1 aromatic carbocycles. The second kappa shape index (κ2) is 8.78. The summed E-state index contributed by atoms with van der Waals surface area (Å²) in [5.74, 6) is -0.409. The van der Waals surface area contributed by atoms with Gasteiger partial charge in [-0.3, -0.25) is 19.6 Å². The summed E-state index contributed by atoms with van der Waals surface area (Å²) in [5, 5.41) is 11.8. The molecule has 9 heteroatoms. The third-order valence-corrected chi connectivity index (χ3v) is 7.93. The highest BCUT2D eigenvalue weighted by molar-refractivity contribution is 6.02. The van der Waals surface area contributed by atoms with Crippen LogP contribution in [0.15, 0.2) is 18.2 Å². The van der Waals surface area contributed by atoms with E-state index in [4.69, 9.17) is 4.74 Å². The number of nitrogens with one attached hydrogen (secondary N) is 2. The molecule has 0 bridgehead atoms. The van der Waals surface area contributed by atoms with E-state index in [1.807, 2.05) is 43.5 Å². The first kappa shape index (κ1) is 24.6. The van der Waals surface area contributed by atoms with E-state index < -0.39 is 11.5 Å². The number of imide groups is 1. The fourth-order valence-corrected chi connectivity index (χ4v) is 6.20. The van der Waals surface area contributed by atoms with Crippen molar-refractivity contribution in [3.8, 4) is 0 Å². The Morgan fingerprint density at radius 3 is 2.64 bits per heavy atom. The fraction of sp³-hybridized carbons (Fsp3) is 0.630. The minimum atomic E-state index is -0.466. The normalized spacial score (nSPS) is 26.0. The Labute approximate surface area is 211 Å². The molecule has 2 saturated heterocycles. The largest absolute Gasteiger partial charge is 0.444 e.